The molecule has 1 N–H and O–H groups in total. The second-order valence-corrected chi connectivity index (χ2v) is 4.96. The lowest BCUT2D eigenvalue weighted by molar-refractivity contribution is -0.138. The van der Waals surface area contributed by atoms with Crippen LogP contribution in [0, 0.1) is 0 Å². The number of rotatable bonds is 3. The molecule has 0 aromatic heterocycles. The molecule has 1 atom stereocenters. The summed E-state index contributed by atoms with van der Waals surface area (Å²) >= 11 is 0. The number of aliphatic hydroxyl groups excluding tert-OH is 1. The molecule has 1 aromatic rings. The molecule has 1 aliphatic heterocycles. The summed E-state index contributed by atoms with van der Waals surface area (Å²) in [4.78, 5) is 1.95. The second kappa shape index (κ2) is 5.92. The van der Waals surface area contributed by atoms with Crippen LogP contribution >= 0.6 is 0 Å². The smallest absolute Gasteiger partial charge is 0.395 e. The average Bonchev–Trinajstić information content (AvgIpc) is 2.39. The van der Waals surface area contributed by atoms with Crippen LogP contribution in [0.4, 0.5) is 13.2 Å². The van der Waals surface area contributed by atoms with Gasteiger partial charge in [0.1, 0.15) is 0 Å². The summed E-state index contributed by atoms with van der Waals surface area (Å²) in [5.74, 6) is 0. The first kappa shape index (κ1) is 14.3. The predicted molar refractivity (Wildman–Crippen MR) is 66.6 cm³/mol. The van der Waals surface area contributed by atoms with Crippen LogP contribution in [-0.4, -0.2) is 29.2 Å². The third-order valence-electron chi connectivity index (χ3n) is 3.66. The monoisotopic (exact) mass is 273 g/mol. The van der Waals surface area contributed by atoms with Crippen molar-refractivity contribution in [2.45, 2.75) is 38.0 Å². The van der Waals surface area contributed by atoms with Crippen molar-refractivity contribution in [1.29, 1.82) is 0 Å². The SMILES string of the molecule is OC[C@@H]1CCCCN1Cc1ccccc1C(F)(F)F. The number of hydrogen-bond acceptors (Lipinski definition) is 2. The number of likely N-dealkylation sites (tertiary alicyclic amines) is 1. The fourth-order valence-corrected chi connectivity index (χ4v) is 2.63. The lowest BCUT2D eigenvalue weighted by Gasteiger charge is -2.35. The molecule has 1 aliphatic rings. The van der Waals surface area contributed by atoms with E-state index in [1.807, 2.05) is 4.90 Å². The summed E-state index contributed by atoms with van der Waals surface area (Å²) in [6, 6.07) is 5.66. The lowest BCUT2D eigenvalue weighted by atomic mass is 10.00. The van der Waals surface area contributed by atoms with E-state index in [0.29, 0.717) is 0 Å². The minimum Gasteiger partial charge on any atom is -0.395 e. The van der Waals surface area contributed by atoms with Gasteiger partial charge in [-0.05, 0) is 31.0 Å². The zero-order chi connectivity index (χ0) is 13.9. The van der Waals surface area contributed by atoms with E-state index in [1.165, 1.54) is 12.1 Å². The zero-order valence-corrected chi connectivity index (χ0v) is 10.7. The number of benzene rings is 1. The number of hydrogen-bond donors (Lipinski definition) is 1. The highest BCUT2D eigenvalue weighted by molar-refractivity contribution is 5.29. The molecule has 19 heavy (non-hydrogen) atoms. The lowest BCUT2D eigenvalue weighted by Crippen LogP contribution is -2.41. The number of halogens is 3. The first-order valence-corrected chi connectivity index (χ1v) is 6.52. The van der Waals surface area contributed by atoms with E-state index in [4.69, 9.17) is 0 Å². The van der Waals surface area contributed by atoms with Gasteiger partial charge in [0.15, 0.2) is 0 Å². The molecule has 0 spiro atoms. The Morgan fingerprint density at radius 3 is 2.63 bits per heavy atom. The molecular weight excluding hydrogens is 255 g/mol. The maximum atomic E-state index is 12.9. The fraction of sp³-hybridized carbons (Fsp3) is 0.571. The molecule has 0 bridgehead atoms. The van der Waals surface area contributed by atoms with Gasteiger partial charge in [0, 0.05) is 12.6 Å². The maximum Gasteiger partial charge on any atom is 0.416 e. The third-order valence-corrected chi connectivity index (χ3v) is 3.66. The zero-order valence-electron chi connectivity index (χ0n) is 10.7. The van der Waals surface area contributed by atoms with Crippen LogP contribution in [0.3, 0.4) is 0 Å². The van der Waals surface area contributed by atoms with Crippen LogP contribution < -0.4 is 0 Å². The number of nitrogens with zero attached hydrogens (tertiary/aromatic N) is 1. The van der Waals surface area contributed by atoms with Gasteiger partial charge >= 0.3 is 6.18 Å². The summed E-state index contributed by atoms with van der Waals surface area (Å²) in [5, 5.41) is 9.30. The van der Waals surface area contributed by atoms with Gasteiger partial charge in [-0.1, -0.05) is 24.6 Å². The molecule has 1 aromatic carbocycles. The van der Waals surface area contributed by atoms with E-state index >= 15 is 0 Å². The van der Waals surface area contributed by atoms with Gasteiger partial charge in [-0.2, -0.15) is 13.2 Å². The van der Waals surface area contributed by atoms with Crippen molar-refractivity contribution >= 4 is 0 Å². The minimum atomic E-state index is -4.32. The van der Waals surface area contributed by atoms with Crippen molar-refractivity contribution in [1.82, 2.24) is 4.90 Å². The molecule has 5 heteroatoms. The van der Waals surface area contributed by atoms with Crippen LogP contribution in [0.2, 0.25) is 0 Å². The van der Waals surface area contributed by atoms with E-state index in [9.17, 15) is 18.3 Å². The van der Waals surface area contributed by atoms with Crippen molar-refractivity contribution in [2.24, 2.45) is 0 Å². The Morgan fingerprint density at radius 1 is 1.21 bits per heavy atom. The minimum absolute atomic E-state index is 0.00812. The van der Waals surface area contributed by atoms with Crippen LogP contribution in [0.1, 0.15) is 30.4 Å². The van der Waals surface area contributed by atoms with Crippen LogP contribution in [-0.2, 0) is 12.7 Å². The fourth-order valence-electron chi connectivity index (χ4n) is 2.63. The van der Waals surface area contributed by atoms with Crippen molar-refractivity contribution < 1.29 is 18.3 Å². The van der Waals surface area contributed by atoms with E-state index < -0.39 is 11.7 Å². The maximum absolute atomic E-state index is 12.9. The van der Waals surface area contributed by atoms with Gasteiger partial charge < -0.3 is 5.11 Å². The summed E-state index contributed by atoms with van der Waals surface area (Å²) in [7, 11) is 0. The van der Waals surface area contributed by atoms with Gasteiger partial charge in [-0.15, -0.1) is 0 Å². The molecular formula is C14H18F3NO. The Morgan fingerprint density at radius 2 is 1.95 bits per heavy atom. The quantitative estimate of drug-likeness (QED) is 0.915. The Kier molecular flexibility index (Phi) is 4.47. The van der Waals surface area contributed by atoms with Crippen molar-refractivity contribution in [3.05, 3.63) is 35.4 Å². The van der Waals surface area contributed by atoms with E-state index in [0.717, 1.165) is 31.9 Å². The van der Waals surface area contributed by atoms with E-state index in [-0.39, 0.29) is 24.8 Å². The molecule has 1 heterocycles. The number of alkyl halides is 3. The standard InChI is InChI=1S/C14H18F3NO/c15-14(16,17)13-7-2-1-5-11(13)9-18-8-4-3-6-12(18)10-19/h1-2,5,7,12,19H,3-4,6,8-10H2/t12-/m0/s1. The summed E-state index contributed by atoms with van der Waals surface area (Å²) in [5.41, 5.74) is -0.285. The summed E-state index contributed by atoms with van der Waals surface area (Å²) in [6.07, 6.45) is -1.46. The molecule has 1 fully saturated rings. The molecule has 0 amide bonds. The molecule has 0 aliphatic carbocycles. The van der Waals surface area contributed by atoms with Crippen LogP contribution in [0.15, 0.2) is 24.3 Å². The molecule has 0 unspecified atom stereocenters. The number of aliphatic hydroxyl groups is 1. The molecule has 0 radical (unpaired) electrons. The van der Waals surface area contributed by atoms with E-state index in [1.54, 1.807) is 6.07 Å². The van der Waals surface area contributed by atoms with Crippen LogP contribution in [0.25, 0.3) is 0 Å². The Labute approximate surface area is 110 Å². The largest absolute Gasteiger partial charge is 0.416 e. The van der Waals surface area contributed by atoms with Crippen LogP contribution in [0.5, 0.6) is 0 Å². The topological polar surface area (TPSA) is 23.5 Å². The Balaban J connectivity index is 2.18. The highest BCUT2D eigenvalue weighted by Gasteiger charge is 2.34. The molecule has 2 nitrogen and oxygen atoms in total. The molecule has 1 saturated heterocycles. The first-order chi connectivity index (χ1) is 9.02. The molecule has 0 saturated carbocycles. The first-order valence-electron chi connectivity index (χ1n) is 6.52. The molecule has 2 rings (SSSR count). The molecule has 106 valence electrons. The van der Waals surface area contributed by atoms with Crippen molar-refractivity contribution in [3.8, 4) is 0 Å². The summed E-state index contributed by atoms with van der Waals surface area (Å²) in [6.45, 7) is 1.01. The Hall–Kier alpha value is -1.07. The third kappa shape index (κ3) is 3.48. The van der Waals surface area contributed by atoms with Gasteiger partial charge in [0.25, 0.3) is 0 Å². The van der Waals surface area contributed by atoms with Gasteiger partial charge in [0.05, 0.1) is 12.2 Å². The highest BCUT2D eigenvalue weighted by atomic mass is 19.4. The highest BCUT2D eigenvalue weighted by Crippen LogP contribution is 2.33. The van der Waals surface area contributed by atoms with E-state index in [2.05, 4.69) is 0 Å². The van der Waals surface area contributed by atoms with Gasteiger partial charge in [0.2, 0.25) is 0 Å². The second-order valence-electron chi connectivity index (χ2n) is 4.96. The predicted octanol–water partition coefficient (Wildman–Crippen LogP) is 3.05. The normalized spacial score (nSPS) is 21.6. The van der Waals surface area contributed by atoms with Gasteiger partial charge in [-0.25, -0.2) is 0 Å². The van der Waals surface area contributed by atoms with Crippen molar-refractivity contribution in [3.63, 3.8) is 0 Å². The van der Waals surface area contributed by atoms with Crippen molar-refractivity contribution in [2.75, 3.05) is 13.2 Å². The Bertz CT molecular complexity index is 419. The average molecular weight is 273 g/mol. The van der Waals surface area contributed by atoms with Gasteiger partial charge in [-0.3, -0.25) is 4.90 Å². The summed E-state index contributed by atoms with van der Waals surface area (Å²) < 4.78 is 38.7. The number of piperidine rings is 1.